The number of aromatic nitrogens is 1. The van der Waals surface area contributed by atoms with Crippen LogP contribution in [0.25, 0.3) is 0 Å². The molecule has 0 radical (unpaired) electrons. The molecule has 0 aromatic carbocycles. The molecular weight excluding hydrogens is 244 g/mol. The molecule has 2 rings (SSSR count). The Hall–Kier alpha value is -2.30. The number of H-pyrrole nitrogens is 1. The molecular formula is C14H16N2O3. The largest absolute Gasteiger partial charge is 0.467 e. The van der Waals surface area contributed by atoms with Crippen LogP contribution in [0.15, 0.2) is 39.7 Å². The predicted octanol–water partition coefficient (Wildman–Crippen LogP) is 1.94. The van der Waals surface area contributed by atoms with E-state index in [9.17, 15) is 9.59 Å². The topological polar surface area (TPSA) is 66.3 Å². The number of pyridine rings is 1. The van der Waals surface area contributed by atoms with Crippen molar-refractivity contribution in [3.63, 3.8) is 0 Å². The first kappa shape index (κ1) is 13.1. The van der Waals surface area contributed by atoms with Gasteiger partial charge in [0.15, 0.2) is 0 Å². The summed E-state index contributed by atoms with van der Waals surface area (Å²) in [7, 11) is 0. The van der Waals surface area contributed by atoms with Crippen molar-refractivity contribution in [2.75, 3.05) is 6.54 Å². The average Bonchev–Trinajstić information content (AvgIpc) is 2.88. The number of rotatable bonds is 4. The molecule has 0 fully saturated rings. The van der Waals surface area contributed by atoms with Crippen LogP contribution in [0.4, 0.5) is 0 Å². The van der Waals surface area contributed by atoms with Crippen molar-refractivity contribution in [2.45, 2.75) is 20.4 Å². The van der Waals surface area contributed by atoms with Crippen LogP contribution < -0.4 is 5.56 Å². The third kappa shape index (κ3) is 2.93. The average molecular weight is 260 g/mol. The van der Waals surface area contributed by atoms with E-state index in [-0.39, 0.29) is 17.0 Å². The smallest absolute Gasteiger partial charge is 0.260 e. The Morgan fingerprint density at radius 3 is 2.74 bits per heavy atom. The maximum Gasteiger partial charge on any atom is 0.260 e. The summed E-state index contributed by atoms with van der Waals surface area (Å²) >= 11 is 0. The van der Waals surface area contributed by atoms with E-state index >= 15 is 0 Å². The van der Waals surface area contributed by atoms with Crippen molar-refractivity contribution in [2.24, 2.45) is 0 Å². The van der Waals surface area contributed by atoms with Gasteiger partial charge in [-0.1, -0.05) is 0 Å². The maximum absolute atomic E-state index is 12.3. The number of carbonyl (C=O) groups is 1. The van der Waals surface area contributed by atoms with Crippen molar-refractivity contribution >= 4 is 5.91 Å². The minimum atomic E-state index is -0.358. The Bertz CT molecular complexity index is 614. The van der Waals surface area contributed by atoms with Crippen molar-refractivity contribution in [1.29, 1.82) is 0 Å². The summed E-state index contributed by atoms with van der Waals surface area (Å²) in [6, 6.07) is 6.85. The van der Waals surface area contributed by atoms with Crippen molar-refractivity contribution < 1.29 is 9.21 Å². The highest BCUT2D eigenvalue weighted by Gasteiger charge is 2.18. The van der Waals surface area contributed by atoms with Gasteiger partial charge in [-0.3, -0.25) is 9.59 Å². The lowest BCUT2D eigenvalue weighted by Gasteiger charge is -2.19. The van der Waals surface area contributed by atoms with Crippen LogP contribution >= 0.6 is 0 Å². The lowest BCUT2D eigenvalue weighted by molar-refractivity contribution is 0.0739. The molecule has 1 N–H and O–H groups in total. The number of nitrogens with zero attached hydrogens (tertiary/aromatic N) is 1. The van der Waals surface area contributed by atoms with Crippen LogP contribution in [0.1, 0.15) is 28.7 Å². The van der Waals surface area contributed by atoms with Crippen LogP contribution in [-0.4, -0.2) is 22.3 Å². The monoisotopic (exact) mass is 260 g/mol. The van der Waals surface area contributed by atoms with Gasteiger partial charge in [-0.15, -0.1) is 0 Å². The zero-order chi connectivity index (χ0) is 13.8. The predicted molar refractivity (Wildman–Crippen MR) is 70.9 cm³/mol. The summed E-state index contributed by atoms with van der Waals surface area (Å²) in [5.74, 6) is 0.402. The van der Waals surface area contributed by atoms with Crippen molar-refractivity contribution in [1.82, 2.24) is 9.88 Å². The number of aryl methyl sites for hydroxylation is 1. The Morgan fingerprint density at radius 2 is 2.16 bits per heavy atom. The van der Waals surface area contributed by atoms with Gasteiger partial charge >= 0.3 is 0 Å². The second kappa shape index (κ2) is 5.56. The van der Waals surface area contributed by atoms with E-state index in [2.05, 4.69) is 4.98 Å². The first-order valence-electron chi connectivity index (χ1n) is 6.13. The van der Waals surface area contributed by atoms with Gasteiger partial charge in [0.2, 0.25) is 0 Å². The number of furan rings is 1. The summed E-state index contributed by atoms with van der Waals surface area (Å²) in [5, 5.41) is 0. The first-order valence-corrected chi connectivity index (χ1v) is 6.13. The third-order valence-corrected chi connectivity index (χ3v) is 2.88. The minimum absolute atomic E-state index is 0.152. The van der Waals surface area contributed by atoms with E-state index in [0.717, 1.165) is 5.69 Å². The molecule has 5 nitrogen and oxygen atoms in total. The van der Waals surface area contributed by atoms with Crippen molar-refractivity contribution in [3.05, 3.63) is 57.9 Å². The zero-order valence-corrected chi connectivity index (χ0v) is 11.0. The molecule has 0 saturated carbocycles. The van der Waals surface area contributed by atoms with E-state index in [1.807, 2.05) is 6.92 Å². The SMILES string of the molecule is CCN(Cc1ccco1)C(=O)c1ccc(C)[nH]c1=O. The van der Waals surface area contributed by atoms with Crippen LogP contribution in [0.2, 0.25) is 0 Å². The summed E-state index contributed by atoms with van der Waals surface area (Å²) in [6.45, 7) is 4.50. The van der Waals surface area contributed by atoms with Crippen LogP contribution in [0.5, 0.6) is 0 Å². The number of hydrogen-bond acceptors (Lipinski definition) is 3. The Balaban J connectivity index is 2.23. The molecule has 1 amide bonds. The van der Waals surface area contributed by atoms with Gasteiger partial charge in [0, 0.05) is 12.2 Å². The zero-order valence-electron chi connectivity index (χ0n) is 11.0. The summed E-state index contributed by atoms with van der Waals surface area (Å²) < 4.78 is 5.22. The number of amides is 1. The lowest BCUT2D eigenvalue weighted by atomic mass is 10.2. The molecule has 0 atom stereocenters. The maximum atomic E-state index is 12.3. The number of aromatic amines is 1. The number of carbonyl (C=O) groups excluding carboxylic acids is 1. The van der Waals surface area contributed by atoms with Gasteiger partial charge in [-0.05, 0) is 38.1 Å². The molecule has 0 aliphatic heterocycles. The minimum Gasteiger partial charge on any atom is -0.467 e. The van der Waals surface area contributed by atoms with E-state index in [1.54, 1.807) is 42.4 Å². The Labute approximate surface area is 110 Å². The molecule has 0 aliphatic carbocycles. The van der Waals surface area contributed by atoms with Gasteiger partial charge in [-0.25, -0.2) is 0 Å². The number of hydrogen-bond donors (Lipinski definition) is 1. The molecule has 0 aliphatic rings. The molecule has 0 saturated heterocycles. The quantitative estimate of drug-likeness (QED) is 0.913. The molecule has 2 heterocycles. The van der Waals surface area contributed by atoms with E-state index in [1.165, 1.54) is 0 Å². The molecule has 5 heteroatoms. The van der Waals surface area contributed by atoms with Crippen LogP contribution in [0.3, 0.4) is 0 Å². The molecule has 0 bridgehead atoms. The van der Waals surface area contributed by atoms with Crippen LogP contribution in [0, 0.1) is 6.92 Å². The second-order valence-electron chi connectivity index (χ2n) is 4.28. The third-order valence-electron chi connectivity index (χ3n) is 2.88. The standard InChI is InChI=1S/C14H16N2O3/c1-3-16(9-11-5-4-8-19-11)14(18)12-7-6-10(2)15-13(12)17/h4-8H,3,9H2,1-2H3,(H,15,17). The second-order valence-corrected chi connectivity index (χ2v) is 4.28. The normalized spacial score (nSPS) is 10.4. The van der Waals surface area contributed by atoms with Gasteiger partial charge in [0.05, 0.1) is 12.8 Å². The van der Waals surface area contributed by atoms with Gasteiger partial charge in [-0.2, -0.15) is 0 Å². The highest BCUT2D eigenvalue weighted by molar-refractivity contribution is 5.93. The molecule has 100 valence electrons. The molecule has 2 aromatic rings. The van der Waals surface area contributed by atoms with E-state index < -0.39 is 0 Å². The molecule has 2 aromatic heterocycles. The Morgan fingerprint density at radius 1 is 1.37 bits per heavy atom. The van der Waals surface area contributed by atoms with E-state index in [4.69, 9.17) is 4.42 Å². The summed E-state index contributed by atoms with van der Waals surface area (Å²) in [4.78, 5) is 28.3. The molecule has 19 heavy (non-hydrogen) atoms. The fraction of sp³-hybridized carbons (Fsp3) is 0.286. The lowest BCUT2D eigenvalue weighted by Crippen LogP contribution is -2.34. The molecule has 0 unspecified atom stereocenters. The van der Waals surface area contributed by atoms with Gasteiger partial charge < -0.3 is 14.3 Å². The highest BCUT2D eigenvalue weighted by Crippen LogP contribution is 2.08. The summed E-state index contributed by atoms with van der Waals surface area (Å²) in [6.07, 6.45) is 1.56. The first-order chi connectivity index (χ1) is 9.11. The highest BCUT2D eigenvalue weighted by atomic mass is 16.3. The van der Waals surface area contributed by atoms with Gasteiger partial charge in [0.1, 0.15) is 11.3 Å². The fourth-order valence-electron chi connectivity index (χ4n) is 1.83. The van der Waals surface area contributed by atoms with Gasteiger partial charge in [0.25, 0.3) is 11.5 Å². The summed E-state index contributed by atoms with van der Waals surface area (Å²) in [5.41, 5.74) is 0.525. The van der Waals surface area contributed by atoms with Crippen molar-refractivity contribution in [3.8, 4) is 0 Å². The van der Waals surface area contributed by atoms with Crippen LogP contribution in [-0.2, 0) is 6.54 Å². The van der Waals surface area contributed by atoms with E-state index in [0.29, 0.717) is 18.8 Å². The fourth-order valence-corrected chi connectivity index (χ4v) is 1.83. The Kier molecular flexibility index (Phi) is 3.85. The number of nitrogens with one attached hydrogen (secondary N) is 1. The molecule has 0 spiro atoms.